The molecule has 8 nitrogen and oxygen atoms in total. The Balaban J connectivity index is 1.26. The highest BCUT2D eigenvalue weighted by Gasteiger charge is 2.21. The van der Waals surface area contributed by atoms with Gasteiger partial charge in [0.25, 0.3) is 0 Å². The van der Waals surface area contributed by atoms with Crippen molar-refractivity contribution in [2.24, 2.45) is 0 Å². The summed E-state index contributed by atoms with van der Waals surface area (Å²) < 4.78 is 4.33. The zero-order chi connectivity index (χ0) is 40.9. The lowest BCUT2D eigenvalue weighted by Gasteiger charge is -2.17. The van der Waals surface area contributed by atoms with Gasteiger partial charge in [-0.1, -0.05) is 72.8 Å². The van der Waals surface area contributed by atoms with Crippen LogP contribution >= 0.6 is 0 Å². The summed E-state index contributed by atoms with van der Waals surface area (Å²) in [5, 5.41) is 43.4. The van der Waals surface area contributed by atoms with Gasteiger partial charge >= 0.3 is 0 Å². The van der Waals surface area contributed by atoms with E-state index in [2.05, 4.69) is 92.9 Å². The Bertz CT molecular complexity index is 3620. The van der Waals surface area contributed by atoms with Gasteiger partial charge in [0.05, 0.1) is 81.5 Å². The van der Waals surface area contributed by atoms with Crippen LogP contribution in [0, 0.1) is 51.9 Å². The molecule has 0 aliphatic carbocycles. The maximum absolute atomic E-state index is 10.0. The minimum absolute atomic E-state index is 0.393. The summed E-state index contributed by atoms with van der Waals surface area (Å²) in [7, 11) is 0. The van der Waals surface area contributed by atoms with Crippen LogP contribution in [0.2, 0.25) is 0 Å². The fourth-order valence-electron chi connectivity index (χ4n) is 8.36. The molecule has 0 bridgehead atoms. The number of benzene rings is 7. The van der Waals surface area contributed by atoms with Crippen molar-refractivity contribution in [3.05, 3.63) is 192 Å². The number of para-hydroxylation sites is 2. The molecule has 0 spiro atoms. The molecular weight excluding hydrogens is 737 g/mol. The van der Waals surface area contributed by atoms with E-state index in [0.29, 0.717) is 33.8 Å². The molecule has 7 aromatic carbocycles. The number of rotatable bonds is 5. The van der Waals surface area contributed by atoms with E-state index in [1.54, 1.807) is 42.5 Å². The molecule has 8 heteroatoms. The zero-order valence-corrected chi connectivity index (χ0v) is 31.6. The van der Waals surface area contributed by atoms with Crippen LogP contribution in [0.15, 0.2) is 158 Å². The molecule has 0 unspecified atom stereocenters. The second-order valence-electron chi connectivity index (χ2n) is 14.4. The Morgan fingerprint density at radius 2 is 0.967 bits per heavy atom. The molecule has 0 saturated carbocycles. The lowest BCUT2D eigenvalue weighted by molar-refractivity contribution is 1.06. The Hall–Kier alpha value is -9.26. The smallest absolute Gasteiger partial charge is 0.189 e. The average molecular weight is 763 g/mol. The third-order valence-electron chi connectivity index (χ3n) is 11.0. The van der Waals surface area contributed by atoms with E-state index in [0.717, 1.165) is 82.7 Å². The fraction of sp³-hybridized carbons (Fsp3) is 0. The lowest BCUT2D eigenvalue weighted by atomic mass is 9.99. The van der Waals surface area contributed by atoms with Crippen LogP contribution in [0.3, 0.4) is 0 Å². The predicted octanol–water partition coefficient (Wildman–Crippen LogP) is 12.3. The first-order chi connectivity index (χ1) is 29.5. The highest BCUT2D eigenvalue weighted by atomic mass is 15.1. The quantitative estimate of drug-likeness (QED) is 0.162. The van der Waals surface area contributed by atoms with Crippen LogP contribution in [0.25, 0.3) is 93.3 Å². The molecule has 3 aromatic heterocycles. The number of fused-ring (bicyclic) bond motifs is 6. The Morgan fingerprint density at radius 3 is 1.58 bits per heavy atom. The Kier molecular flexibility index (Phi) is 8.23. The van der Waals surface area contributed by atoms with E-state index in [-0.39, 0.29) is 0 Å². The molecule has 0 radical (unpaired) electrons. The highest BCUT2D eigenvalue weighted by Crippen LogP contribution is 2.41. The SMILES string of the molecule is [C-]#[N+]c1cc(C#N)cc(-c2ccc3c4ccccc4n(-c4cnc(-n5c6ccccc6c6ccc(-c7cc(C#N)cc(C#N)c7)cc65)cc4-c4cccc(C#N)c4)c3c2)c1. The van der Waals surface area contributed by atoms with Crippen LogP contribution in [0.1, 0.15) is 22.3 Å². The van der Waals surface area contributed by atoms with E-state index in [1.165, 1.54) is 0 Å². The lowest BCUT2D eigenvalue weighted by Crippen LogP contribution is -2.03. The Labute approximate surface area is 343 Å². The second-order valence-corrected chi connectivity index (χ2v) is 14.4. The van der Waals surface area contributed by atoms with E-state index in [9.17, 15) is 21.0 Å². The summed E-state index contributed by atoms with van der Waals surface area (Å²) >= 11 is 0. The zero-order valence-electron chi connectivity index (χ0n) is 31.6. The van der Waals surface area contributed by atoms with Gasteiger partial charge in [-0.2, -0.15) is 21.0 Å². The van der Waals surface area contributed by atoms with Crippen LogP contribution in [0.5, 0.6) is 0 Å². The summed E-state index contributed by atoms with van der Waals surface area (Å²) in [5.41, 5.74) is 11.6. The average Bonchev–Trinajstić information content (AvgIpc) is 3.83. The summed E-state index contributed by atoms with van der Waals surface area (Å²) in [6.45, 7) is 7.66. The van der Waals surface area contributed by atoms with Gasteiger partial charge < -0.3 is 4.57 Å². The molecule has 10 rings (SSSR count). The molecule has 0 atom stereocenters. The summed E-state index contributed by atoms with van der Waals surface area (Å²) in [5.74, 6) is 0.657. The third kappa shape index (κ3) is 5.69. The molecule has 0 aliphatic rings. The predicted molar refractivity (Wildman–Crippen MR) is 234 cm³/mol. The first-order valence-corrected chi connectivity index (χ1v) is 18.9. The van der Waals surface area contributed by atoms with Crippen molar-refractivity contribution < 1.29 is 0 Å². The van der Waals surface area contributed by atoms with E-state index >= 15 is 0 Å². The highest BCUT2D eigenvalue weighted by molar-refractivity contribution is 6.12. The van der Waals surface area contributed by atoms with Crippen molar-refractivity contribution in [2.45, 2.75) is 0 Å². The number of nitrogens with zero attached hydrogens (tertiary/aromatic N) is 8. The van der Waals surface area contributed by atoms with Crippen LogP contribution in [-0.4, -0.2) is 14.1 Å². The maximum atomic E-state index is 10.0. The van der Waals surface area contributed by atoms with Crippen LogP contribution < -0.4 is 0 Å². The van der Waals surface area contributed by atoms with Crippen molar-refractivity contribution in [3.8, 4) is 69.2 Å². The van der Waals surface area contributed by atoms with E-state index < -0.39 is 0 Å². The summed E-state index contributed by atoms with van der Waals surface area (Å²) in [4.78, 5) is 8.85. The molecule has 0 fully saturated rings. The second kappa shape index (κ2) is 14.0. The molecule has 3 heterocycles. The fourth-order valence-corrected chi connectivity index (χ4v) is 8.36. The third-order valence-corrected chi connectivity index (χ3v) is 11.0. The van der Waals surface area contributed by atoms with Gasteiger partial charge in [0.1, 0.15) is 5.82 Å². The number of pyridine rings is 1. The Morgan fingerprint density at radius 1 is 0.433 bits per heavy atom. The van der Waals surface area contributed by atoms with Gasteiger partial charge in [0, 0.05) is 32.7 Å². The van der Waals surface area contributed by atoms with Gasteiger partial charge in [-0.05, 0) is 107 Å². The van der Waals surface area contributed by atoms with Gasteiger partial charge in [-0.3, -0.25) is 4.57 Å². The number of hydrogen-bond acceptors (Lipinski definition) is 5. The largest absolute Gasteiger partial charge is 0.307 e. The molecule has 10 aromatic rings. The molecule has 0 aliphatic heterocycles. The van der Waals surface area contributed by atoms with Crippen molar-refractivity contribution in [2.75, 3.05) is 0 Å². The van der Waals surface area contributed by atoms with Crippen LogP contribution in [0.4, 0.5) is 5.69 Å². The van der Waals surface area contributed by atoms with Gasteiger partial charge in [-0.15, -0.1) is 0 Å². The molecule has 274 valence electrons. The normalized spacial score (nSPS) is 10.9. The summed E-state index contributed by atoms with van der Waals surface area (Å²) in [6.07, 6.45) is 1.88. The van der Waals surface area contributed by atoms with Crippen molar-refractivity contribution >= 4 is 49.3 Å². The van der Waals surface area contributed by atoms with Gasteiger partial charge in [0.15, 0.2) is 5.69 Å². The molecule has 0 N–H and O–H groups in total. The maximum Gasteiger partial charge on any atom is 0.189 e. The van der Waals surface area contributed by atoms with Crippen molar-refractivity contribution in [1.82, 2.24) is 14.1 Å². The first-order valence-electron chi connectivity index (χ1n) is 18.9. The van der Waals surface area contributed by atoms with E-state index in [1.807, 2.05) is 60.8 Å². The first kappa shape index (κ1) is 35.2. The van der Waals surface area contributed by atoms with Crippen LogP contribution in [-0.2, 0) is 0 Å². The summed E-state index contributed by atoms with van der Waals surface area (Å²) in [6, 6.07) is 57.6. The molecule has 0 saturated heterocycles. The van der Waals surface area contributed by atoms with Crippen molar-refractivity contribution in [1.29, 1.82) is 21.0 Å². The topological polar surface area (TPSA) is 122 Å². The number of aromatic nitrogens is 3. The molecule has 0 amide bonds. The molecular formula is C52H26N8. The minimum Gasteiger partial charge on any atom is -0.307 e. The van der Waals surface area contributed by atoms with Gasteiger partial charge in [-0.25, -0.2) is 9.83 Å². The van der Waals surface area contributed by atoms with E-state index in [4.69, 9.17) is 11.6 Å². The minimum atomic E-state index is 0.393. The number of hydrogen-bond donors (Lipinski definition) is 0. The number of nitriles is 4. The molecule has 60 heavy (non-hydrogen) atoms. The standard InChI is InChI=1S/C52H26N8/c1-57-41-22-35(30-56)21-40(23-41)37-14-15-44-42-9-2-4-11-47(42)59(49(44)24-37)51-31-58-52(26-46(51)38-8-6-7-32(18-38)27-53)60-48-12-5-3-10-43(48)45-16-13-36(25-50(45)60)39-19-33(28-54)17-34(20-39)29-55/h2-26,31H. The van der Waals surface area contributed by atoms with Gasteiger partial charge in [0.2, 0.25) is 0 Å². The van der Waals surface area contributed by atoms with Crippen molar-refractivity contribution in [3.63, 3.8) is 0 Å². The monoisotopic (exact) mass is 762 g/mol.